The van der Waals surface area contributed by atoms with Crippen molar-refractivity contribution in [2.24, 2.45) is 7.05 Å². The number of hydrogen-bond acceptors (Lipinski definition) is 8. The van der Waals surface area contributed by atoms with E-state index in [0.717, 1.165) is 44.6 Å². The number of fused-ring (bicyclic) bond motifs is 4. The molecule has 2 aromatic carbocycles. The lowest BCUT2D eigenvalue weighted by molar-refractivity contribution is -0.140. The van der Waals surface area contributed by atoms with Gasteiger partial charge in [0.15, 0.2) is 0 Å². The van der Waals surface area contributed by atoms with Gasteiger partial charge in [-0.3, -0.25) is 19.3 Å². The molecule has 5 rings (SSSR count). The van der Waals surface area contributed by atoms with E-state index in [1.165, 1.54) is 16.9 Å². The van der Waals surface area contributed by atoms with Gasteiger partial charge in [0.25, 0.3) is 5.91 Å². The quantitative estimate of drug-likeness (QED) is 0.411. The third-order valence-corrected chi connectivity index (χ3v) is 6.21. The van der Waals surface area contributed by atoms with Crippen LogP contribution < -0.4 is 5.73 Å². The number of amides is 2. The lowest BCUT2D eigenvalue weighted by atomic mass is 10.1. The fourth-order valence-electron chi connectivity index (χ4n) is 3.82. The Bertz CT molecular complexity index is 1560. The lowest BCUT2D eigenvalue weighted by Gasteiger charge is -2.31. The first-order valence-electron chi connectivity index (χ1n) is 10.1. The van der Waals surface area contributed by atoms with Crippen molar-refractivity contribution in [3.63, 3.8) is 0 Å². The first kappa shape index (κ1) is 20.8. The van der Waals surface area contributed by atoms with Crippen molar-refractivity contribution in [2.45, 2.75) is 13.5 Å². The van der Waals surface area contributed by atoms with Gasteiger partial charge in [-0.05, 0) is 35.9 Å². The van der Waals surface area contributed by atoms with Crippen LogP contribution in [0, 0.1) is 0 Å². The Morgan fingerprint density at radius 1 is 1.06 bits per heavy atom. The molecule has 3 aromatic heterocycles. The average Bonchev–Trinajstić information content (AvgIpc) is 3.43. The Morgan fingerprint density at radius 3 is 2.61 bits per heavy atom. The van der Waals surface area contributed by atoms with E-state index in [2.05, 4.69) is 18.8 Å². The van der Waals surface area contributed by atoms with Gasteiger partial charge in [0.05, 0.1) is 40.9 Å². The monoisotopic (exact) mass is 460 g/mol. The van der Waals surface area contributed by atoms with Crippen molar-refractivity contribution in [2.75, 3.05) is 12.8 Å². The van der Waals surface area contributed by atoms with E-state index >= 15 is 0 Å². The molecule has 166 valence electrons. The zero-order valence-electron chi connectivity index (χ0n) is 18.2. The molecule has 0 fully saturated rings. The van der Waals surface area contributed by atoms with Gasteiger partial charge in [0.1, 0.15) is 16.9 Å². The van der Waals surface area contributed by atoms with Gasteiger partial charge in [-0.1, -0.05) is 6.07 Å². The topological polar surface area (TPSA) is 123 Å². The lowest BCUT2D eigenvalue weighted by Crippen LogP contribution is -2.46. The van der Waals surface area contributed by atoms with Gasteiger partial charge in [0.2, 0.25) is 5.91 Å². The number of pyridine rings is 1. The van der Waals surface area contributed by atoms with Crippen LogP contribution in [0.2, 0.25) is 0 Å². The van der Waals surface area contributed by atoms with Crippen LogP contribution in [0.4, 0.5) is 5.82 Å². The number of carbonyl (C=O) groups is 2. The summed E-state index contributed by atoms with van der Waals surface area (Å²) in [6.07, 6.45) is 1.66. The highest BCUT2D eigenvalue weighted by molar-refractivity contribution is 7.00. The summed E-state index contributed by atoms with van der Waals surface area (Å²) < 4.78 is 10.2. The van der Waals surface area contributed by atoms with Crippen molar-refractivity contribution >= 4 is 62.2 Å². The maximum Gasteiger partial charge on any atom is 0.272 e. The minimum Gasteiger partial charge on any atom is -0.383 e. The minimum absolute atomic E-state index is 0.196. The summed E-state index contributed by atoms with van der Waals surface area (Å²) in [6.45, 7) is 1.61. The number of nitrogens with two attached hydrogens (primary N) is 1. The number of aryl methyl sites for hydroxylation is 1. The first-order chi connectivity index (χ1) is 15.8. The number of hydrogen-bond donors (Lipinski definition) is 1. The molecule has 0 aliphatic rings. The highest BCUT2D eigenvalue weighted by Gasteiger charge is 2.24. The maximum atomic E-state index is 13.6. The second-order valence-electron chi connectivity index (χ2n) is 7.75. The Morgan fingerprint density at radius 2 is 1.82 bits per heavy atom. The summed E-state index contributed by atoms with van der Waals surface area (Å²) >= 11 is 1.13. The zero-order chi connectivity index (χ0) is 23.3. The Balaban J connectivity index is 1.58. The number of hydrazine groups is 1. The molecule has 2 amide bonds. The summed E-state index contributed by atoms with van der Waals surface area (Å²) in [5.41, 5.74) is 10.3. The zero-order valence-corrected chi connectivity index (χ0v) is 19.0. The van der Waals surface area contributed by atoms with Crippen molar-refractivity contribution in [1.82, 2.24) is 33.5 Å². The van der Waals surface area contributed by atoms with Crippen LogP contribution in [0.5, 0.6) is 0 Å². The van der Waals surface area contributed by atoms with E-state index in [1.54, 1.807) is 36.1 Å². The van der Waals surface area contributed by atoms with E-state index in [1.807, 2.05) is 25.2 Å². The molecule has 0 saturated carbocycles. The number of rotatable bonds is 3. The molecule has 0 saturated heterocycles. The fraction of sp³-hybridized carbons (Fsp3) is 0.182. The highest BCUT2D eigenvalue weighted by Crippen LogP contribution is 2.28. The van der Waals surface area contributed by atoms with Crippen LogP contribution >= 0.6 is 11.7 Å². The molecular formula is C22H20N8O2S. The number of aromatic nitrogens is 5. The molecule has 0 spiro atoms. The van der Waals surface area contributed by atoms with Gasteiger partial charge < -0.3 is 5.73 Å². The number of benzene rings is 2. The molecule has 0 aliphatic heterocycles. The van der Waals surface area contributed by atoms with E-state index in [-0.39, 0.29) is 18.4 Å². The van der Waals surface area contributed by atoms with E-state index in [9.17, 15) is 9.59 Å². The molecule has 33 heavy (non-hydrogen) atoms. The van der Waals surface area contributed by atoms with Crippen LogP contribution in [-0.2, 0) is 18.4 Å². The normalized spacial score (nSPS) is 11.4. The van der Waals surface area contributed by atoms with Crippen LogP contribution in [-0.4, -0.2) is 52.4 Å². The van der Waals surface area contributed by atoms with Gasteiger partial charge in [0, 0.05) is 32.0 Å². The molecule has 0 radical (unpaired) electrons. The van der Waals surface area contributed by atoms with Crippen molar-refractivity contribution < 1.29 is 9.59 Å². The highest BCUT2D eigenvalue weighted by atomic mass is 32.1. The Hall–Kier alpha value is -4.12. The fourth-order valence-corrected chi connectivity index (χ4v) is 4.34. The third-order valence-electron chi connectivity index (χ3n) is 5.66. The summed E-state index contributed by atoms with van der Waals surface area (Å²) in [5.74, 6) is -0.197. The molecule has 10 nitrogen and oxygen atoms in total. The summed E-state index contributed by atoms with van der Waals surface area (Å²) in [4.78, 5) is 30.3. The van der Waals surface area contributed by atoms with Crippen molar-refractivity contribution in [3.05, 3.63) is 53.7 Å². The largest absolute Gasteiger partial charge is 0.383 e. The van der Waals surface area contributed by atoms with Gasteiger partial charge in [-0.15, -0.1) is 0 Å². The molecule has 0 bridgehead atoms. The average molecular weight is 461 g/mol. The second-order valence-corrected chi connectivity index (χ2v) is 8.28. The Labute approximate surface area is 192 Å². The van der Waals surface area contributed by atoms with Gasteiger partial charge in [-0.2, -0.15) is 13.8 Å². The molecular weight excluding hydrogens is 440 g/mol. The summed E-state index contributed by atoms with van der Waals surface area (Å²) in [6, 6.07) is 10.8. The molecule has 0 unspecified atom stereocenters. The van der Waals surface area contributed by atoms with Crippen LogP contribution in [0.1, 0.15) is 22.8 Å². The third kappa shape index (κ3) is 3.52. The maximum absolute atomic E-state index is 13.6. The molecule has 2 N–H and O–H groups in total. The number of nitrogens with zero attached hydrogens (tertiary/aromatic N) is 7. The van der Waals surface area contributed by atoms with E-state index in [4.69, 9.17) is 5.73 Å². The van der Waals surface area contributed by atoms with Gasteiger partial charge in [-0.25, -0.2) is 9.99 Å². The van der Waals surface area contributed by atoms with Crippen LogP contribution in [0.15, 0.2) is 42.6 Å². The van der Waals surface area contributed by atoms with Crippen LogP contribution in [0.3, 0.4) is 0 Å². The van der Waals surface area contributed by atoms with Gasteiger partial charge >= 0.3 is 0 Å². The molecule has 0 aliphatic carbocycles. The van der Waals surface area contributed by atoms with E-state index < -0.39 is 0 Å². The van der Waals surface area contributed by atoms with Crippen LogP contribution in [0.25, 0.3) is 32.8 Å². The smallest absolute Gasteiger partial charge is 0.272 e. The van der Waals surface area contributed by atoms with E-state index in [0.29, 0.717) is 16.9 Å². The van der Waals surface area contributed by atoms with Crippen molar-refractivity contribution in [1.29, 1.82) is 0 Å². The Kier molecular flexibility index (Phi) is 4.90. The predicted molar refractivity (Wildman–Crippen MR) is 126 cm³/mol. The number of anilines is 1. The molecule has 3 heterocycles. The SMILES string of the molecule is CC(=O)N(C)N(Cc1ccc2nsnc2c1)C(=O)c1ccc2nc(N)c3cnn(C)c3c2c1. The summed E-state index contributed by atoms with van der Waals surface area (Å²) in [7, 11) is 3.39. The minimum atomic E-state index is -0.321. The number of nitrogen functional groups attached to an aromatic ring is 1. The predicted octanol–water partition coefficient (Wildman–Crippen LogP) is 2.74. The molecule has 0 atom stereocenters. The molecule has 11 heteroatoms. The molecule has 5 aromatic rings. The van der Waals surface area contributed by atoms with Crippen molar-refractivity contribution in [3.8, 4) is 0 Å². The first-order valence-corrected chi connectivity index (χ1v) is 10.8. The number of carbonyl (C=O) groups excluding carboxylic acids is 2. The second kappa shape index (κ2) is 7.78. The standard InChI is InChI=1S/C22H20N8O2S/c1-12(31)29(3)30(11-13-4-6-18-19(8-13)27-33-26-18)22(32)14-5-7-17-15(9-14)20-16(21(23)25-17)10-24-28(20)2/h4-10H,11H2,1-3H3,(H2,23,25). The summed E-state index contributed by atoms with van der Waals surface area (Å²) in [5, 5.41) is 8.49.